The number of hydrogen-bond donors (Lipinski definition) is 3. The Bertz CT molecular complexity index is 1220. The van der Waals surface area contributed by atoms with Crippen molar-refractivity contribution in [3.05, 3.63) is 53.4 Å². The van der Waals surface area contributed by atoms with E-state index in [1.807, 2.05) is 0 Å². The van der Waals surface area contributed by atoms with Crippen LogP contribution in [0.4, 0.5) is 21.6 Å². The number of aliphatic hydroxyl groups excluding tert-OH is 1. The number of pyridine rings is 1. The summed E-state index contributed by atoms with van der Waals surface area (Å²) in [5.41, 5.74) is 1.39. The van der Waals surface area contributed by atoms with Gasteiger partial charge in [-0.3, -0.25) is 4.79 Å². The Hall–Kier alpha value is -3.38. The molecule has 37 heavy (non-hydrogen) atoms. The summed E-state index contributed by atoms with van der Waals surface area (Å²) in [4.78, 5) is 21.3. The molecule has 1 saturated heterocycles. The number of halogens is 2. The Morgan fingerprint density at radius 2 is 1.97 bits per heavy atom. The number of likely N-dealkylation sites (N-methyl/N-ethyl adjacent to an activating group) is 1. The smallest absolute Gasteiger partial charge is 0.257 e. The van der Waals surface area contributed by atoms with E-state index in [1.54, 1.807) is 24.4 Å². The van der Waals surface area contributed by atoms with E-state index in [2.05, 4.69) is 42.7 Å². The van der Waals surface area contributed by atoms with E-state index in [1.165, 1.54) is 18.2 Å². The quantitative estimate of drug-likeness (QED) is 0.364. The average molecular weight is 530 g/mol. The second-order valence-electron chi connectivity index (χ2n) is 8.64. The van der Waals surface area contributed by atoms with Crippen LogP contribution >= 0.6 is 11.6 Å². The van der Waals surface area contributed by atoms with Gasteiger partial charge in [0.05, 0.1) is 12.3 Å². The first kappa shape index (κ1) is 26.7. The van der Waals surface area contributed by atoms with E-state index in [9.17, 15) is 9.18 Å². The summed E-state index contributed by atoms with van der Waals surface area (Å²) in [5.74, 6) is -0.122. The van der Waals surface area contributed by atoms with Crippen LogP contribution in [0.1, 0.15) is 6.42 Å². The second kappa shape index (κ2) is 12.7. The molecule has 0 unspecified atom stereocenters. The van der Waals surface area contributed by atoms with Crippen molar-refractivity contribution in [1.82, 2.24) is 25.0 Å². The molecule has 0 spiro atoms. The molecule has 12 heteroatoms. The van der Waals surface area contributed by atoms with E-state index in [0.29, 0.717) is 35.2 Å². The van der Waals surface area contributed by atoms with Crippen molar-refractivity contribution in [3.63, 3.8) is 0 Å². The number of hydrogen-bond acceptors (Lipinski definition) is 9. The number of nitrogens with zero attached hydrogens (tertiary/aromatic N) is 5. The standard InChI is InChI=1S/C25H29ClFN7O3/c1-33-8-10-34(11-9-33)7-5-24(36)30-23-15-18(4-6-28-23)29-22-16-21(31-32-25(22)37-13-12-35)19-14-17(26)2-3-20(19)27/h2-4,6,14-16,35H,5,7-13H2,1H3,(H2,28,29,30,31,36). The van der Waals surface area contributed by atoms with Crippen molar-refractivity contribution >= 4 is 34.7 Å². The highest BCUT2D eigenvalue weighted by atomic mass is 35.5. The summed E-state index contributed by atoms with van der Waals surface area (Å²) < 4.78 is 19.9. The lowest BCUT2D eigenvalue weighted by molar-refractivity contribution is -0.116. The molecular formula is C25H29ClFN7O3. The molecule has 3 aromatic rings. The third-order valence-electron chi connectivity index (χ3n) is 5.85. The van der Waals surface area contributed by atoms with Gasteiger partial charge in [0.1, 0.15) is 23.9 Å². The number of piperazine rings is 1. The first-order valence-electron chi connectivity index (χ1n) is 11.9. The van der Waals surface area contributed by atoms with Crippen LogP contribution < -0.4 is 15.4 Å². The Morgan fingerprint density at radius 1 is 1.16 bits per heavy atom. The maximum Gasteiger partial charge on any atom is 0.257 e. The minimum absolute atomic E-state index is 0.000803. The number of anilines is 3. The van der Waals surface area contributed by atoms with Crippen LogP contribution in [-0.4, -0.2) is 89.0 Å². The molecule has 1 aliphatic rings. The van der Waals surface area contributed by atoms with Gasteiger partial charge in [0.15, 0.2) is 0 Å². The summed E-state index contributed by atoms with van der Waals surface area (Å²) in [6.07, 6.45) is 1.92. The fourth-order valence-electron chi connectivity index (χ4n) is 3.81. The maximum atomic E-state index is 14.4. The largest absolute Gasteiger partial charge is 0.473 e. The Kier molecular flexibility index (Phi) is 9.18. The predicted octanol–water partition coefficient (Wildman–Crippen LogP) is 3.02. The fraction of sp³-hybridized carbons (Fsp3) is 0.360. The number of carbonyl (C=O) groups excluding carboxylic acids is 1. The predicted molar refractivity (Wildman–Crippen MR) is 140 cm³/mol. The minimum Gasteiger partial charge on any atom is -0.473 e. The van der Waals surface area contributed by atoms with E-state index < -0.39 is 5.82 Å². The van der Waals surface area contributed by atoms with E-state index in [0.717, 1.165) is 26.2 Å². The molecule has 0 atom stereocenters. The minimum atomic E-state index is -0.501. The zero-order valence-corrected chi connectivity index (χ0v) is 21.2. The zero-order valence-electron chi connectivity index (χ0n) is 20.5. The molecule has 1 amide bonds. The number of ether oxygens (including phenoxy) is 1. The molecule has 0 aliphatic carbocycles. The third-order valence-corrected chi connectivity index (χ3v) is 6.09. The average Bonchev–Trinajstić information content (AvgIpc) is 2.89. The van der Waals surface area contributed by atoms with Crippen molar-refractivity contribution in [2.24, 2.45) is 0 Å². The topological polar surface area (TPSA) is 116 Å². The van der Waals surface area contributed by atoms with Crippen molar-refractivity contribution in [3.8, 4) is 17.1 Å². The lowest BCUT2D eigenvalue weighted by atomic mass is 10.1. The molecule has 3 N–H and O–H groups in total. The molecule has 1 aromatic carbocycles. The molecule has 3 heterocycles. The highest BCUT2D eigenvalue weighted by Gasteiger charge is 2.16. The van der Waals surface area contributed by atoms with Crippen molar-refractivity contribution < 1.29 is 19.0 Å². The Morgan fingerprint density at radius 3 is 2.76 bits per heavy atom. The number of benzene rings is 1. The third kappa shape index (κ3) is 7.56. The molecule has 1 aliphatic heterocycles. The van der Waals surface area contributed by atoms with Crippen molar-refractivity contribution in [2.75, 3.05) is 63.6 Å². The maximum absolute atomic E-state index is 14.4. The number of amides is 1. The van der Waals surface area contributed by atoms with Gasteiger partial charge < -0.3 is 30.3 Å². The van der Waals surface area contributed by atoms with Crippen LogP contribution in [0.25, 0.3) is 11.3 Å². The van der Waals surface area contributed by atoms with Gasteiger partial charge >= 0.3 is 0 Å². The van der Waals surface area contributed by atoms with E-state index in [-0.39, 0.29) is 36.3 Å². The lowest BCUT2D eigenvalue weighted by Crippen LogP contribution is -2.45. The number of aromatic nitrogens is 3. The van der Waals surface area contributed by atoms with Gasteiger partial charge in [-0.05, 0) is 37.4 Å². The summed E-state index contributed by atoms with van der Waals surface area (Å²) >= 11 is 6.04. The second-order valence-corrected chi connectivity index (χ2v) is 9.08. The normalized spacial score (nSPS) is 14.4. The van der Waals surface area contributed by atoms with Gasteiger partial charge in [-0.25, -0.2) is 9.37 Å². The molecule has 0 bridgehead atoms. The number of rotatable bonds is 10. The Labute approximate surface area is 219 Å². The fourth-order valence-corrected chi connectivity index (χ4v) is 3.99. The summed E-state index contributed by atoms with van der Waals surface area (Å²) in [5, 5.41) is 23.6. The summed E-state index contributed by atoms with van der Waals surface area (Å²) in [6, 6.07) is 9.11. The zero-order chi connectivity index (χ0) is 26.2. The van der Waals surface area contributed by atoms with Crippen LogP contribution in [0, 0.1) is 5.82 Å². The summed E-state index contributed by atoms with van der Waals surface area (Å²) in [7, 11) is 2.09. The van der Waals surface area contributed by atoms with Gasteiger partial charge in [-0.2, -0.15) is 0 Å². The van der Waals surface area contributed by atoms with Crippen LogP contribution in [0.3, 0.4) is 0 Å². The van der Waals surface area contributed by atoms with Crippen molar-refractivity contribution in [2.45, 2.75) is 6.42 Å². The van der Waals surface area contributed by atoms with E-state index in [4.69, 9.17) is 21.4 Å². The van der Waals surface area contributed by atoms with Gasteiger partial charge in [0, 0.05) is 67.7 Å². The highest BCUT2D eigenvalue weighted by molar-refractivity contribution is 6.30. The molecule has 196 valence electrons. The van der Waals surface area contributed by atoms with Crippen LogP contribution in [0.15, 0.2) is 42.6 Å². The number of carbonyl (C=O) groups is 1. The van der Waals surface area contributed by atoms with Crippen molar-refractivity contribution in [1.29, 1.82) is 0 Å². The van der Waals surface area contributed by atoms with E-state index >= 15 is 0 Å². The molecule has 1 fully saturated rings. The molecule has 10 nitrogen and oxygen atoms in total. The summed E-state index contributed by atoms with van der Waals surface area (Å²) in [6.45, 7) is 4.36. The van der Waals surface area contributed by atoms with Crippen LogP contribution in [0.5, 0.6) is 5.88 Å². The van der Waals surface area contributed by atoms with Crippen LogP contribution in [0.2, 0.25) is 5.02 Å². The molecule has 4 rings (SSSR count). The molecular weight excluding hydrogens is 501 g/mol. The number of aliphatic hydroxyl groups is 1. The Balaban J connectivity index is 1.47. The van der Waals surface area contributed by atoms with Gasteiger partial charge in [-0.1, -0.05) is 11.6 Å². The molecule has 2 aromatic heterocycles. The monoisotopic (exact) mass is 529 g/mol. The SMILES string of the molecule is CN1CCN(CCC(=O)Nc2cc(Nc3cc(-c4cc(Cl)ccc4F)nnc3OCCO)ccn2)CC1. The molecule has 0 saturated carbocycles. The molecule has 0 radical (unpaired) electrons. The highest BCUT2D eigenvalue weighted by Crippen LogP contribution is 2.32. The van der Waals surface area contributed by atoms with Gasteiger partial charge in [0.25, 0.3) is 5.88 Å². The number of nitrogens with one attached hydrogen (secondary N) is 2. The lowest BCUT2D eigenvalue weighted by Gasteiger charge is -2.32. The van der Waals surface area contributed by atoms with Crippen LogP contribution in [-0.2, 0) is 4.79 Å². The van der Waals surface area contributed by atoms with Gasteiger partial charge in [-0.15, -0.1) is 10.2 Å². The first-order chi connectivity index (χ1) is 17.9. The van der Waals surface area contributed by atoms with Gasteiger partial charge in [0.2, 0.25) is 5.91 Å². The first-order valence-corrected chi connectivity index (χ1v) is 12.3.